The van der Waals surface area contributed by atoms with Crippen molar-refractivity contribution in [2.45, 2.75) is 6.92 Å². The van der Waals surface area contributed by atoms with Gasteiger partial charge in [0.2, 0.25) is 0 Å². The fourth-order valence-corrected chi connectivity index (χ4v) is 3.75. The highest BCUT2D eigenvalue weighted by Crippen LogP contribution is 2.48. The fourth-order valence-electron chi connectivity index (χ4n) is 3.75. The van der Waals surface area contributed by atoms with E-state index in [1.165, 1.54) is 10.9 Å². The van der Waals surface area contributed by atoms with Gasteiger partial charge < -0.3 is 4.74 Å². The third kappa shape index (κ3) is 1.81. The van der Waals surface area contributed by atoms with E-state index in [1.807, 2.05) is 23.7 Å². The van der Waals surface area contributed by atoms with Crippen LogP contribution in [0.5, 0.6) is 11.5 Å². The molecule has 4 aromatic rings. The van der Waals surface area contributed by atoms with Crippen LogP contribution in [0.3, 0.4) is 0 Å². The van der Waals surface area contributed by atoms with Gasteiger partial charge in [-0.25, -0.2) is 9.41 Å². The van der Waals surface area contributed by atoms with Crippen molar-refractivity contribution < 1.29 is 9.30 Å². The van der Waals surface area contributed by atoms with Gasteiger partial charge in [0.25, 0.3) is 6.33 Å². The van der Waals surface area contributed by atoms with E-state index in [4.69, 9.17) is 11.3 Å². The highest BCUT2D eigenvalue weighted by molar-refractivity contribution is 6.05. The Morgan fingerprint density at radius 3 is 2.80 bits per heavy atom. The third-order valence-electron chi connectivity index (χ3n) is 4.88. The summed E-state index contributed by atoms with van der Waals surface area (Å²) in [5, 5.41) is 3.33. The molecule has 0 N–H and O–H groups in total. The lowest BCUT2D eigenvalue weighted by atomic mass is 9.93. The summed E-state index contributed by atoms with van der Waals surface area (Å²) < 4.78 is 8.27. The van der Waals surface area contributed by atoms with E-state index in [9.17, 15) is 0 Å². The molecule has 118 valence electrons. The van der Waals surface area contributed by atoms with Gasteiger partial charge in [0.15, 0.2) is 16.9 Å². The summed E-state index contributed by atoms with van der Waals surface area (Å²) >= 11 is 0. The minimum absolute atomic E-state index is 0.538. The predicted molar refractivity (Wildman–Crippen MR) is 96.9 cm³/mol. The van der Waals surface area contributed by atoms with Crippen LogP contribution in [-0.4, -0.2) is 4.98 Å². The average Bonchev–Trinajstić information content (AvgIpc) is 2.63. The van der Waals surface area contributed by atoms with Crippen LogP contribution in [0, 0.1) is 13.5 Å². The summed E-state index contributed by atoms with van der Waals surface area (Å²) in [7, 11) is 2.00. The Bertz CT molecular complexity index is 1250. The highest BCUT2D eigenvalue weighted by Gasteiger charge is 2.29. The second-order valence-corrected chi connectivity index (χ2v) is 6.35. The van der Waals surface area contributed by atoms with Gasteiger partial charge in [-0.05, 0) is 46.4 Å². The summed E-state index contributed by atoms with van der Waals surface area (Å²) in [5.74, 6) is 1.53. The van der Waals surface area contributed by atoms with Gasteiger partial charge in [0.1, 0.15) is 16.9 Å². The first kappa shape index (κ1) is 13.9. The van der Waals surface area contributed by atoms with Crippen LogP contribution in [0.25, 0.3) is 37.8 Å². The Morgan fingerprint density at radius 2 is 1.96 bits per heavy atom. The van der Waals surface area contributed by atoms with Crippen LogP contribution in [0.4, 0.5) is 5.69 Å². The number of benzene rings is 3. The maximum atomic E-state index is 7.33. The van der Waals surface area contributed by atoms with Gasteiger partial charge >= 0.3 is 0 Å². The topological polar surface area (TPSA) is 30.4 Å². The molecule has 0 spiro atoms. The fraction of sp³-hybridized carbons (Fsp3) is 0.0952. The zero-order chi connectivity index (χ0) is 17.1. The number of hydrogen-bond donors (Lipinski definition) is 0. The van der Waals surface area contributed by atoms with Crippen molar-refractivity contribution in [1.29, 1.82) is 0 Å². The van der Waals surface area contributed by atoms with E-state index in [0.717, 1.165) is 33.3 Å². The molecular formula is C21H14N3O+. The van der Waals surface area contributed by atoms with Gasteiger partial charge in [-0.15, -0.1) is 0 Å². The molecule has 1 aromatic heterocycles. The highest BCUT2D eigenvalue weighted by atomic mass is 16.5. The standard InChI is InChI=1S/C21H14N3O/c1-12-15-7-5-4-6-13(15)8-17-19(12)21-20-16(23-11-24(21)3)9-14(22-2)10-18(20)25-17/h4-11H,1,3H3/q+1. The molecule has 3 aromatic carbocycles. The molecule has 4 nitrogen and oxygen atoms in total. The molecule has 0 radical (unpaired) electrons. The number of ether oxygens (including phenoxy) is 1. The molecule has 0 saturated heterocycles. The smallest absolute Gasteiger partial charge is 0.287 e. The zero-order valence-corrected chi connectivity index (χ0v) is 13.9. The van der Waals surface area contributed by atoms with Crippen LogP contribution >= 0.6 is 0 Å². The van der Waals surface area contributed by atoms with Gasteiger partial charge in [0, 0.05) is 0 Å². The molecule has 5 rings (SSSR count). The molecule has 1 aliphatic heterocycles. The summed E-state index contributed by atoms with van der Waals surface area (Å²) in [6, 6.07) is 14.0. The summed E-state index contributed by atoms with van der Waals surface area (Å²) in [6.07, 6.45) is 1.80. The van der Waals surface area contributed by atoms with Crippen LogP contribution in [-0.2, 0) is 7.05 Å². The maximum absolute atomic E-state index is 7.33. The number of fused-ring (bicyclic) bond motifs is 3. The van der Waals surface area contributed by atoms with Crippen molar-refractivity contribution in [3.05, 3.63) is 65.8 Å². The van der Waals surface area contributed by atoms with Crippen molar-refractivity contribution in [1.82, 2.24) is 4.98 Å². The molecule has 0 fully saturated rings. The average molecular weight is 324 g/mol. The largest absolute Gasteiger partial charge is 0.457 e. The molecule has 0 saturated carbocycles. The first-order valence-corrected chi connectivity index (χ1v) is 8.08. The van der Waals surface area contributed by atoms with Crippen LogP contribution in [0.2, 0.25) is 0 Å². The van der Waals surface area contributed by atoms with Crippen LogP contribution in [0.1, 0.15) is 5.56 Å². The summed E-state index contributed by atoms with van der Waals surface area (Å²) in [4.78, 5) is 8.05. The summed E-state index contributed by atoms with van der Waals surface area (Å²) in [5.41, 5.74) is 4.69. The van der Waals surface area contributed by atoms with E-state index in [1.54, 1.807) is 12.4 Å². The van der Waals surface area contributed by atoms with Crippen molar-refractivity contribution in [2.75, 3.05) is 0 Å². The van der Waals surface area contributed by atoms with Crippen molar-refractivity contribution in [2.24, 2.45) is 7.05 Å². The Labute approximate surface area is 144 Å². The van der Waals surface area contributed by atoms with Gasteiger partial charge in [-0.1, -0.05) is 24.3 Å². The lowest BCUT2D eigenvalue weighted by Gasteiger charge is -2.22. The zero-order valence-electron chi connectivity index (χ0n) is 13.9. The third-order valence-corrected chi connectivity index (χ3v) is 4.88. The molecule has 0 unspecified atom stereocenters. The van der Waals surface area contributed by atoms with Crippen LogP contribution < -0.4 is 9.30 Å². The molecule has 0 atom stereocenters. The molecule has 0 aliphatic carbocycles. The van der Waals surface area contributed by atoms with E-state index >= 15 is 0 Å². The van der Waals surface area contributed by atoms with Crippen LogP contribution in [0.15, 0.2) is 48.8 Å². The van der Waals surface area contributed by atoms with Crippen molar-refractivity contribution in [3.8, 4) is 22.8 Å². The Morgan fingerprint density at radius 1 is 1.12 bits per heavy atom. The van der Waals surface area contributed by atoms with E-state index < -0.39 is 0 Å². The van der Waals surface area contributed by atoms with E-state index in [-0.39, 0.29) is 0 Å². The number of aryl methyl sites for hydroxylation is 2. The molecular weight excluding hydrogens is 310 g/mol. The number of hydrogen-bond acceptors (Lipinski definition) is 2. The molecule has 25 heavy (non-hydrogen) atoms. The quantitative estimate of drug-likeness (QED) is 0.301. The minimum atomic E-state index is 0.538. The maximum Gasteiger partial charge on any atom is 0.287 e. The molecule has 4 heteroatoms. The second-order valence-electron chi connectivity index (χ2n) is 6.35. The number of nitrogens with zero attached hydrogens (tertiary/aromatic N) is 3. The Hall–Kier alpha value is -3.45. The Balaban J connectivity index is 1.99. The van der Waals surface area contributed by atoms with Gasteiger partial charge in [0.05, 0.1) is 19.2 Å². The first-order valence-electron chi connectivity index (χ1n) is 8.08. The van der Waals surface area contributed by atoms with E-state index in [0.29, 0.717) is 11.4 Å². The monoisotopic (exact) mass is 324 g/mol. The number of aromatic nitrogens is 2. The first-order chi connectivity index (χ1) is 12.2. The van der Waals surface area contributed by atoms with Crippen molar-refractivity contribution >= 4 is 27.4 Å². The van der Waals surface area contributed by atoms with Gasteiger partial charge in [-0.3, -0.25) is 0 Å². The molecule has 1 aliphatic rings. The molecule has 2 heterocycles. The van der Waals surface area contributed by atoms with E-state index in [2.05, 4.69) is 41.0 Å². The molecule has 0 bridgehead atoms. The normalized spacial score (nSPS) is 11.9. The predicted octanol–water partition coefficient (Wildman–Crippen LogP) is 4.84. The second kappa shape index (κ2) is 4.78. The Kier molecular flexibility index (Phi) is 2.66. The lowest BCUT2D eigenvalue weighted by molar-refractivity contribution is -0.662. The van der Waals surface area contributed by atoms with Gasteiger partial charge in [-0.2, -0.15) is 0 Å². The minimum Gasteiger partial charge on any atom is -0.457 e. The van der Waals surface area contributed by atoms with Crippen molar-refractivity contribution in [3.63, 3.8) is 0 Å². The summed E-state index contributed by atoms with van der Waals surface area (Å²) in [6.45, 7) is 9.46. The lowest BCUT2D eigenvalue weighted by Crippen LogP contribution is -2.32. The number of rotatable bonds is 0. The SMILES string of the molecule is [C-]#[N+]c1cc2c3c([n+](C)cnc3c1)-c1c(cc3ccccc3c1C)O2. The molecule has 0 amide bonds.